The number of hydrogen-bond acceptors (Lipinski definition) is 2. The Bertz CT molecular complexity index is 749. The van der Waals surface area contributed by atoms with E-state index in [9.17, 15) is 5.11 Å². The van der Waals surface area contributed by atoms with Crippen molar-refractivity contribution in [3.8, 4) is 0 Å². The molecular formula is C17H17BrN2O. The standard InChI is InChI=1S/C17H17BrN2O/c1-2-20-16-6-4-3-5-14(16)15(19-20)11-17(21)12-7-9-13(18)10-8-12/h3-10,17,21H,2,11H2,1H3. The lowest BCUT2D eigenvalue weighted by Gasteiger charge is -2.09. The molecule has 0 saturated carbocycles. The van der Waals surface area contributed by atoms with Crippen LogP contribution in [0.4, 0.5) is 0 Å². The summed E-state index contributed by atoms with van der Waals surface area (Å²) in [7, 11) is 0. The van der Waals surface area contributed by atoms with Crippen LogP contribution in [-0.4, -0.2) is 14.9 Å². The minimum absolute atomic E-state index is 0.523. The largest absolute Gasteiger partial charge is 0.388 e. The summed E-state index contributed by atoms with van der Waals surface area (Å²) in [4.78, 5) is 0. The molecule has 108 valence electrons. The van der Waals surface area contributed by atoms with Gasteiger partial charge in [-0.15, -0.1) is 0 Å². The highest BCUT2D eigenvalue weighted by Crippen LogP contribution is 2.25. The van der Waals surface area contributed by atoms with Crippen molar-refractivity contribution >= 4 is 26.8 Å². The second-order valence-electron chi connectivity index (χ2n) is 5.05. The Morgan fingerprint density at radius 1 is 1.14 bits per heavy atom. The zero-order valence-electron chi connectivity index (χ0n) is 11.8. The SMILES string of the molecule is CCn1nc(CC(O)c2ccc(Br)cc2)c2ccccc21. The Morgan fingerprint density at radius 3 is 2.57 bits per heavy atom. The van der Waals surface area contributed by atoms with E-state index in [4.69, 9.17) is 0 Å². The maximum atomic E-state index is 10.4. The Morgan fingerprint density at radius 2 is 1.86 bits per heavy atom. The summed E-state index contributed by atoms with van der Waals surface area (Å²) in [6.45, 7) is 2.91. The summed E-state index contributed by atoms with van der Waals surface area (Å²) in [5.74, 6) is 0. The number of hydrogen-bond donors (Lipinski definition) is 1. The Hall–Kier alpha value is -1.65. The summed E-state index contributed by atoms with van der Waals surface area (Å²) < 4.78 is 3.00. The molecule has 0 fully saturated rings. The Labute approximate surface area is 132 Å². The van der Waals surface area contributed by atoms with Crippen molar-refractivity contribution in [2.24, 2.45) is 0 Å². The third-order valence-electron chi connectivity index (χ3n) is 3.68. The van der Waals surface area contributed by atoms with Gasteiger partial charge >= 0.3 is 0 Å². The number of aliphatic hydroxyl groups is 1. The molecule has 0 aliphatic rings. The van der Waals surface area contributed by atoms with Crippen molar-refractivity contribution in [2.45, 2.75) is 26.0 Å². The topological polar surface area (TPSA) is 38.0 Å². The molecule has 2 aromatic carbocycles. The highest BCUT2D eigenvalue weighted by atomic mass is 79.9. The van der Waals surface area contributed by atoms with Crippen LogP contribution in [0.3, 0.4) is 0 Å². The quantitative estimate of drug-likeness (QED) is 0.773. The van der Waals surface area contributed by atoms with Gasteiger partial charge in [0.15, 0.2) is 0 Å². The van der Waals surface area contributed by atoms with Gasteiger partial charge in [0.2, 0.25) is 0 Å². The Balaban J connectivity index is 1.92. The number of nitrogens with zero attached hydrogens (tertiary/aromatic N) is 2. The second kappa shape index (κ2) is 6.00. The molecule has 3 aromatic rings. The second-order valence-corrected chi connectivity index (χ2v) is 5.97. The van der Waals surface area contributed by atoms with Crippen LogP contribution in [0.5, 0.6) is 0 Å². The molecule has 1 heterocycles. The molecule has 1 N–H and O–H groups in total. The number of rotatable bonds is 4. The van der Waals surface area contributed by atoms with Crippen LogP contribution in [0.25, 0.3) is 10.9 Å². The van der Waals surface area contributed by atoms with Gasteiger partial charge < -0.3 is 5.11 Å². The van der Waals surface area contributed by atoms with Gasteiger partial charge in [0, 0.05) is 22.8 Å². The monoisotopic (exact) mass is 344 g/mol. The van der Waals surface area contributed by atoms with Gasteiger partial charge in [0.25, 0.3) is 0 Å². The predicted octanol–water partition coefficient (Wildman–Crippen LogP) is 4.09. The number of aromatic nitrogens is 2. The average Bonchev–Trinajstić information content (AvgIpc) is 2.86. The van der Waals surface area contributed by atoms with Gasteiger partial charge in [-0.1, -0.05) is 46.3 Å². The lowest BCUT2D eigenvalue weighted by atomic mass is 10.0. The molecule has 0 spiro atoms. The molecule has 0 aliphatic carbocycles. The van der Waals surface area contributed by atoms with Crippen molar-refractivity contribution in [3.05, 3.63) is 64.3 Å². The van der Waals surface area contributed by atoms with E-state index in [1.54, 1.807) is 0 Å². The molecule has 1 atom stereocenters. The zero-order valence-corrected chi connectivity index (χ0v) is 13.4. The molecule has 1 unspecified atom stereocenters. The number of aliphatic hydroxyl groups excluding tert-OH is 1. The number of fused-ring (bicyclic) bond motifs is 1. The molecule has 0 amide bonds. The molecule has 0 saturated heterocycles. The number of aryl methyl sites for hydroxylation is 1. The van der Waals surface area contributed by atoms with Gasteiger partial charge in [-0.3, -0.25) is 4.68 Å². The maximum Gasteiger partial charge on any atom is 0.0846 e. The molecule has 3 nitrogen and oxygen atoms in total. The first-order valence-corrected chi connectivity index (χ1v) is 7.86. The summed E-state index contributed by atoms with van der Waals surface area (Å²) in [5.41, 5.74) is 2.98. The first kappa shape index (κ1) is 14.3. The van der Waals surface area contributed by atoms with E-state index in [2.05, 4.69) is 40.1 Å². The summed E-state index contributed by atoms with van der Waals surface area (Å²) in [6, 6.07) is 15.9. The molecule has 0 radical (unpaired) electrons. The number of halogens is 1. The Kier molecular flexibility index (Phi) is 4.08. The van der Waals surface area contributed by atoms with Crippen LogP contribution < -0.4 is 0 Å². The first-order chi connectivity index (χ1) is 10.2. The van der Waals surface area contributed by atoms with Crippen molar-refractivity contribution in [2.75, 3.05) is 0 Å². The van der Waals surface area contributed by atoms with Gasteiger partial charge in [-0.25, -0.2) is 0 Å². The highest BCUT2D eigenvalue weighted by molar-refractivity contribution is 9.10. The molecule has 21 heavy (non-hydrogen) atoms. The number of benzene rings is 2. The first-order valence-electron chi connectivity index (χ1n) is 7.07. The van der Waals surface area contributed by atoms with Gasteiger partial charge in [0.05, 0.1) is 17.3 Å². The van der Waals surface area contributed by atoms with E-state index < -0.39 is 6.10 Å². The van der Waals surface area contributed by atoms with E-state index in [1.807, 2.05) is 41.1 Å². The van der Waals surface area contributed by atoms with E-state index in [1.165, 1.54) is 0 Å². The third kappa shape index (κ3) is 2.87. The summed E-state index contributed by atoms with van der Waals surface area (Å²) in [5, 5.41) is 16.2. The van der Waals surface area contributed by atoms with Crippen LogP contribution >= 0.6 is 15.9 Å². The molecule has 4 heteroatoms. The molecule has 3 rings (SSSR count). The van der Waals surface area contributed by atoms with Gasteiger partial charge in [-0.05, 0) is 30.7 Å². The van der Waals surface area contributed by atoms with Crippen molar-refractivity contribution in [1.29, 1.82) is 0 Å². The average molecular weight is 345 g/mol. The maximum absolute atomic E-state index is 10.4. The smallest absolute Gasteiger partial charge is 0.0846 e. The van der Waals surface area contributed by atoms with E-state index in [-0.39, 0.29) is 0 Å². The van der Waals surface area contributed by atoms with Crippen molar-refractivity contribution in [1.82, 2.24) is 9.78 Å². The third-order valence-corrected chi connectivity index (χ3v) is 4.20. The van der Waals surface area contributed by atoms with Crippen molar-refractivity contribution < 1.29 is 5.11 Å². The lowest BCUT2D eigenvalue weighted by molar-refractivity contribution is 0.177. The van der Waals surface area contributed by atoms with Crippen LogP contribution in [-0.2, 0) is 13.0 Å². The van der Waals surface area contributed by atoms with E-state index >= 15 is 0 Å². The van der Waals surface area contributed by atoms with E-state index in [0.29, 0.717) is 6.42 Å². The molecule has 0 aliphatic heterocycles. The van der Waals surface area contributed by atoms with Crippen LogP contribution in [0.15, 0.2) is 53.0 Å². The fraction of sp³-hybridized carbons (Fsp3) is 0.235. The normalized spacial score (nSPS) is 12.7. The van der Waals surface area contributed by atoms with Crippen LogP contribution in [0.2, 0.25) is 0 Å². The van der Waals surface area contributed by atoms with Gasteiger partial charge in [0.1, 0.15) is 0 Å². The summed E-state index contributed by atoms with van der Waals surface area (Å²) >= 11 is 3.41. The zero-order chi connectivity index (χ0) is 14.8. The fourth-order valence-electron chi connectivity index (χ4n) is 2.57. The van der Waals surface area contributed by atoms with E-state index in [0.717, 1.165) is 33.2 Å². The lowest BCUT2D eigenvalue weighted by Crippen LogP contribution is -2.04. The minimum atomic E-state index is -0.540. The highest BCUT2D eigenvalue weighted by Gasteiger charge is 2.15. The van der Waals surface area contributed by atoms with Crippen LogP contribution in [0.1, 0.15) is 24.3 Å². The fourth-order valence-corrected chi connectivity index (χ4v) is 2.84. The number of para-hydroxylation sites is 1. The molecular weight excluding hydrogens is 328 g/mol. The minimum Gasteiger partial charge on any atom is -0.388 e. The molecule has 1 aromatic heterocycles. The van der Waals surface area contributed by atoms with Gasteiger partial charge in [-0.2, -0.15) is 5.10 Å². The molecule has 0 bridgehead atoms. The van der Waals surface area contributed by atoms with Crippen molar-refractivity contribution in [3.63, 3.8) is 0 Å². The summed E-state index contributed by atoms with van der Waals surface area (Å²) in [6.07, 6.45) is -0.0171. The van der Waals surface area contributed by atoms with Crippen LogP contribution in [0, 0.1) is 0 Å². The predicted molar refractivity (Wildman–Crippen MR) is 88.2 cm³/mol.